The highest BCUT2D eigenvalue weighted by Gasteiger charge is 2.46. The molecule has 1 spiro atoms. The average molecular weight is 397 g/mol. The summed E-state index contributed by atoms with van der Waals surface area (Å²) >= 11 is 0. The van der Waals surface area contributed by atoms with Gasteiger partial charge in [-0.2, -0.15) is 0 Å². The normalized spacial score (nSPS) is 26.6. The van der Waals surface area contributed by atoms with Crippen molar-refractivity contribution in [3.63, 3.8) is 0 Å². The molecule has 1 saturated carbocycles. The molecule has 4 aliphatic rings. The van der Waals surface area contributed by atoms with Gasteiger partial charge in [0, 0.05) is 25.2 Å². The van der Waals surface area contributed by atoms with Crippen LogP contribution in [0.2, 0.25) is 0 Å². The van der Waals surface area contributed by atoms with E-state index in [1.807, 2.05) is 6.07 Å². The second-order valence-electron chi connectivity index (χ2n) is 8.73. The maximum absolute atomic E-state index is 13.0. The maximum Gasteiger partial charge on any atom is 0.262 e. The Balaban J connectivity index is 1.35. The van der Waals surface area contributed by atoms with Crippen molar-refractivity contribution in [3.05, 3.63) is 29.3 Å². The maximum atomic E-state index is 13.0. The predicted octanol–water partition coefficient (Wildman–Crippen LogP) is 0.829. The van der Waals surface area contributed by atoms with Crippen molar-refractivity contribution in [2.45, 2.75) is 50.7 Å². The van der Waals surface area contributed by atoms with E-state index in [2.05, 4.69) is 10.2 Å². The number of aliphatic hydroxyl groups excluding tert-OH is 1. The van der Waals surface area contributed by atoms with Gasteiger partial charge in [0.1, 0.15) is 6.04 Å². The molecule has 29 heavy (non-hydrogen) atoms. The molecule has 3 fully saturated rings. The van der Waals surface area contributed by atoms with E-state index in [9.17, 15) is 24.3 Å². The Morgan fingerprint density at radius 3 is 2.34 bits per heavy atom. The Labute approximate surface area is 167 Å². The van der Waals surface area contributed by atoms with Gasteiger partial charge < -0.3 is 10.0 Å². The lowest BCUT2D eigenvalue weighted by Crippen LogP contribution is -2.54. The van der Waals surface area contributed by atoms with Crippen molar-refractivity contribution < 1.29 is 24.3 Å². The lowest BCUT2D eigenvalue weighted by molar-refractivity contribution is -0.136. The molecular formula is C21H23N3O5. The van der Waals surface area contributed by atoms with Crippen LogP contribution in [0.4, 0.5) is 5.69 Å². The van der Waals surface area contributed by atoms with Crippen LogP contribution in [0, 0.1) is 5.41 Å². The van der Waals surface area contributed by atoms with Crippen molar-refractivity contribution in [2.24, 2.45) is 5.41 Å². The van der Waals surface area contributed by atoms with Crippen molar-refractivity contribution in [2.75, 3.05) is 18.0 Å². The van der Waals surface area contributed by atoms with Gasteiger partial charge in [-0.15, -0.1) is 0 Å². The van der Waals surface area contributed by atoms with E-state index in [-0.39, 0.29) is 30.3 Å². The van der Waals surface area contributed by atoms with Gasteiger partial charge in [0.05, 0.1) is 17.2 Å². The first-order chi connectivity index (χ1) is 13.9. The van der Waals surface area contributed by atoms with Gasteiger partial charge in [0.2, 0.25) is 11.8 Å². The molecule has 3 aliphatic heterocycles. The van der Waals surface area contributed by atoms with Crippen LogP contribution in [0.1, 0.15) is 59.2 Å². The fourth-order valence-electron chi connectivity index (χ4n) is 5.24. The molecule has 2 saturated heterocycles. The Morgan fingerprint density at radius 2 is 1.69 bits per heavy atom. The number of fused-ring (bicyclic) bond motifs is 1. The number of carbonyl (C=O) groups excluding carboxylic acids is 4. The summed E-state index contributed by atoms with van der Waals surface area (Å²) in [6.07, 6.45) is 3.87. The first kappa shape index (κ1) is 18.3. The smallest absolute Gasteiger partial charge is 0.262 e. The van der Waals surface area contributed by atoms with E-state index in [0.29, 0.717) is 11.1 Å². The number of aliphatic hydroxyl groups is 1. The Morgan fingerprint density at radius 1 is 1.00 bits per heavy atom. The van der Waals surface area contributed by atoms with Gasteiger partial charge in [-0.05, 0) is 55.7 Å². The van der Waals surface area contributed by atoms with E-state index in [4.69, 9.17) is 0 Å². The zero-order valence-corrected chi connectivity index (χ0v) is 16.0. The third-order valence-corrected chi connectivity index (χ3v) is 6.95. The zero-order valence-electron chi connectivity index (χ0n) is 16.0. The molecule has 2 N–H and O–H groups in total. The summed E-state index contributed by atoms with van der Waals surface area (Å²) in [5.74, 6) is -1.93. The molecular weight excluding hydrogens is 374 g/mol. The number of piperidine rings is 2. The van der Waals surface area contributed by atoms with E-state index in [0.717, 1.165) is 49.4 Å². The number of hydrogen-bond acceptors (Lipinski definition) is 6. The highest BCUT2D eigenvalue weighted by molar-refractivity contribution is 6.23. The van der Waals surface area contributed by atoms with E-state index >= 15 is 0 Å². The van der Waals surface area contributed by atoms with Crippen LogP contribution in [0.25, 0.3) is 0 Å². The minimum Gasteiger partial charge on any atom is -0.393 e. The number of benzene rings is 1. The summed E-state index contributed by atoms with van der Waals surface area (Å²) in [5, 5.41) is 11.8. The average Bonchev–Trinajstić information content (AvgIpc) is 2.92. The van der Waals surface area contributed by atoms with Crippen LogP contribution in [-0.4, -0.2) is 58.9 Å². The van der Waals surface area contributed by atoms with E-state index in [1.54, 1.807) is 12.1 Å². The van der Waals surface area contributed by atoms with Gasteiger partial charge in [-0.3, -0.25) is 29.4 Å². The van der Waals surface area contributed by atoms with Crippen LogP contribution >= 0.6 is 0 Å². The summed E-state index contributed by atoms with van der Waals surface area (Å²) in [6.45, 7) is 1.70. The largest absolute Gasteiger partial charge is 0.393 e. The zero-order chi connectivity index (χ0) is 20.3. The molecule has 8 heteroatoms. The fourth-order valence-corrected chi connectivity index (χ4v) is 5.24. The van der Waals surface area contributed by atoms with Crippen molar-refractivity contribution >= 4 is 29.3 Å². The molecule has 1 aromatic rings. The molecule has 3 heterocycles. The molecule has 152 valence electrons. The summed E-state index contributed by atoms with van der Waals surface area (Å²) < 4.78 is 0. The summed E-state index contributed by atoms with van der Waals surface area (Å²) in [7, 11) is 0. The second kappa shape index (κ2) is 6.38. The van der Waals surface area contributed by atoms with Gasteiger partial charge >= 0.3 is 0 Å². The number of amides is 4. The number of anilines is 1. The molecule has 0 aromatic heterocycles. The van der Waals surface area contributed by atoms with Crippen LogP contribution in [0.5, 0.6) is 0 Å². The van der Waals surface area contributed by atoms with Crippen molar-refractivity contribution in [3.8, 4) is 0 Å². The van der Waals surface area contributed by atoms with Crippen LogP contribution in [0.15, 0.2) is 18.2 Å². The number of nitrogens with zero attached hydrogens (tertiary/aromatic N) is 2. The number of imide groups is 2. The topological polar surface area (TPSA) is 107 Å². The third kappa shape index (κ3) is 2.85. The molecule has 1 aliphatic carbocycles. The molecule has 5 rings (SSSR count). The van der Waals surface area contributed by atoms with Gasteiger partial charge in [-0.25, -0.2) is 0 Å². The first-order valence-corrected chi connectivity index (χ1v) is 10.2. The van der Waals surface area contributed by atoms with Crippen LogP contribution < -0.4 is 10.2 Å². The van der Waals surface area contributed by atoms with Crippen molar-refractivity contribution in [1.82, 2.24) is 10.2 Å². The quantitative estimate of drug-likeness (QED) is 0.716. The Kier molecular flexibility index (Phi) is 4.03. The highest BCUT2D eigenvalue weighted by Crippen LogP contribution is 2.49. The third-order valence-electron chi connectivity index (χ3n) is 6.95. The first-order valence-electron chi connectivity index (χ1n) is 10.2. The molecule has 1 atom stereocenters. The highest BCUT2D eigenvalue weighted by atomic mass is 16.3. The van der Waals surface area contributed by atoms with Gasteiger partial charge in [-0.1, -0.05) is 0 Å². The molecule has 4 amide bonds. The van der Waals surface area contributed by atoms with Crippen LogP contribution in [-0.2, 0) is 9.59 Å². The minimum atomic E-state index is -0.941. The van der Waals surface area contributed by atoms with Crippen molar-refractivity contribution in [1.29, 1.82) is 0 Å². The van der Waals surface area contributed by atoms with Gasteiger partial charge in [0.25, 0.3) is 11.8 Å². The molecule has 1 aromatic carbocycles. The summed E-state index contributed by atoms with van der Waals surface area (Å²) in [6, 6.07) is 4.32. The minimum absolute atomic E-state index is 0.110. The molecule has 8 nitrogen and oxygen atoms in total. The lowest BCUT2D eigenvalue weighted by atomic mass is 9.61. The number of hydrogen-bond donors (Lipinski definition) is 2. The molecule has 0 bridgehead atoms. The number of nitrogens with one attached hydrogen (secondary N) is 1. The SMILES string of the molecule is O=C1CCC(N2C(=O)c3ccc(N4CCC5(CC4)CC(O)C5)cc3C2=O)C(=O)N1. The second-order valence-corrected chi connectivity index (χ2v) is 8.73. The summed E-state index contributed by atoms with van der Waals surface area (Å²) in [4.78, 5) is 52.5. The number of rotatable bonds is 2. The fraction of sp³-hybridized carbons (Fsp3) is 0.524. The summed E-state index contributed by atoms with van der Waals surface area (Å²) in [5.41, 5.74) is 1.78. The van der Waals surface area contributed by atoms with Crippen LogP contribution in [0.3, 0.4) is 0 Å². The van der Waals surface area contributed by atoms with E-state index in [1.165, 1.54) is 0 Å². The lowest BCUT2D eigenvalue weighted by Gasteiger charge is -2.51. The monoisotopic (exact) mass is 397 g/mol. The van der Waals surface area contributed by atoms with E-state index < -0.39 is 23.8 Å². The predicted molar refractivity (Wildman–Crippen MR) is 102 cm³/mol. The molecule has 1 unspecified atom stereocenters. The van der Waals surface area contributed by atoms with Gasteiger partial charge in [0.15, 0.2) is 0 Å². The number of carbonyl (C=O) groups is 4. The Hall–Kier alpha value is -2.74. The molecule has 0 radical (unpaired) electrons. The standard InChI is InChI=1S/C21H23N3O5/c25-13-10-21(11-13)5-7-23(8-6-21)12-1-2-14-15(9-12)20(29)24(19(14)28)16-3-4-17(26)22-18(16)27/h1-2,9,13,16,25H,3-8,10-11H2,(H,22,26,27). The Bertz CT molecular complexity index is 926.